The molecule has 0 radical (unpaired) electrons. The van der Waals surface area contributed by atoms with Gasteiger partial charge < -0.3 is 4.74 Å². The van der Waals surface area contributed by atoms with Gasteiger partial charge in [0.05, 0.1) is 12.1 Å². The van der Waals surface area contributed by atoms with Gasteiger partial charge >= 0.3 is 0 Å². The molecule has 0 bridgehead atoms. The molecule has 0 amide bonds. The predicted octanol–water partition coefficient (Wildman–Crippen LogP) is 1.74. The number of hydrogen-bond donors (Lipinski definition) is 2. The number of thiophene rings is 1. The zero-order chi connectivity index (χ0) is 9.97. The van der Waals surface area contributed by atoms with Gasteiger partial charge in [0.2, 0.25) is 0 Å². The van der Waals surface area contributed by atoms with Crippen LogP contribution < -0.4 is 11.3 Å². The van der Waals surface area contributed by atoms with Gasteiger partial charge in [-0.2, -0.15) is 0 Å². The zero-order valence-corrected chi connectivity index (χ0v) is 9.14. The van der Waals surface area contributed by atoms with E-state index in [4.69, 9.17) is 10.6 Å². The number of hydrazine groups is 1. The molecule has 1 aliphatic heterocycles. The summed E-state index contributed by atoms with van der Waals surface area (Å²) in [6.07, 6.45) is 2.49. The van der Waals surface area contributed by atoms with E-state index in [0.717, 1.165) is 19.4 Å². The molecule has 2 atom stereocenters. The van der Waals surface area contributed by atoms with Gasteiger partial charge in [-0.05, 0) is 36.8 Å². The van der Waals surface area contributed by atoms with Crippen LogP contribution in [0.4, 0.5) is 0 Å². The van der Waals surface area contributed by atoms with Gasteiger partial charge in [0.25, 0.3) is 0 Å². The molecule has 14 heavy (non-hydrogen) atoms. The Labute approximate surface area is 88.2 Å². The third-order valence-corrected chi connectivity index (χ3v) is 3.61. The molecule has 1 fully saturated rings. The van der Waals surface area contributed by atoms with Crippen LogP contribution in [0.3, 0.4) is 0 Å². The number of nitrogens with one attached hydrogen (secondary N) is 1. The molecule has 3 nitrogen and oxygen atoms in total. The van der Waals surface area contributed by atoms with Gasteiger partial charge in [0.1, 0.15) is 0 Å². The van der Waals surface area contributed by atoms with Gasteiger partial charge in [-0.1, -0.05) is 0 Å². The molecule has 1 aliphatic rings. The quantitative estimate of drug-likeness (QED) is 0.592. The number of nitrogens with two attached hydrogens (primary N) is 1. The Kier molecular flexibility index (Phi) is 3.18. The molecule has 1 aromatic heterocycles. The largest absolute Gasteiger partial charge is 0.376 e. The van der Waals surface area contributed by atoms with Crippen LogP contribution in [0.2, 0.25) is 0 Å². The van der Waals surface area contributed by atoms with Crippen LogP contribution in [0.15, 0.2) is 11.4 Å². The van der Waals surface area contributed by atoms with Crippen LogP contribution in [-0.4, -0.2) is 12.7 Å². The summed E-state index contributed by atoms with van der Waals surface area (Å²) in [5.41, 5.74) is 4.15. The summed E-state index contributed by atoms with van der Waals surface area (Å²) >= 11 is 1.76. The summed E-state index contributed by atoms with van der Waals surface area (Å²) in [5, 5.41) is 2.10. The van der Waals surface area contributed by atoms with E-state index in [1.165, 1.54) is 10.4 Å². The molecule has 0 saturated carbocycles. The molecule has 4 heteroatoms. The predicted molar refractivity (Wildman–Crippen MR) is 58.1 cm³/mol. The van der Waals surface area contributed by atoms with Crippen molar-refractivity contribution in [3.05, 3.63) is 21.9 Å². The van der Waals surface area contributed by atoms with E-state index in [2.05, 4.69) is 23.8 Å². The standard InChI is InChI=1S/C10H16N2OS/c1-7-8(4-6-14-7)10(12-11)9-3-2-5-13-9/h4,6,9-10,12H,2-3,5,11H2,1H3. The molecule has 78 valence electrons. The van der Waals surface area contributed by atoms with Gasteiger partial charge in [0, 0.05) is 11.5 Å². The molecule has 1 aromatic rings. The van der Waals surface area contributed by atoms with E-state index < -0.39 is 0 Å². The third-order valence-electron chi connectivity index (χ3n) is 2.75. The lowest BCUT2D eigenvalue weighted by Crippen LogP contribution is -2.36. The summed E-state index contributed by atoms with van der Waals surface area (Å²) in [4.78, 5) is 1.32. The van der Waals surface area contributed by atoms with Gasteiger partial charge in [-0.3, -0.25) is 11.3 Å². The maximum Gasteiger partial charge on any atom is 0.0783 e. The average molecular weight is 212 g/mol. The Bertz CT molecular complexity index is 294. The van der Waals surface area contributed by atoms with Crippen molar-refractivity contribution < 1.29 is 4.74 Å². The molecule has 0 spiro atoms. The highest BCUT2D eigenvalue weighted by Gasteiger charge is 2.27. The highest BCUT2D eigenvalue weighted by Crippen LogP contribution is 2.30. The number of ether oxygens (including phenoxy) is 1. The van der Waals surface area contributed by atoms with Crippen LogP contribution >= 0.6 is 11.3 Å². The normalized spacial score (nSPS) is 24.0. The molecule has 1 saturated heterocycles. The Morgan fingerprint density at radius 2 is 2.57 bits per heavy atom. The molecular formula is C10H16N2OS. The smallest absolute Gasteiger partial charge is 0.0783 e. The molecule has 0 aliphatic carbocycles. The highest BCUT2D eigenvalue weighted by atomic mass is 32.1. The molecule has 0 aromatic carbocycles. The van der Waals surface area contributed by atoms with Crippen molar-refractivity contribution >= 4 is 11.3 Å². The summed E-state index contributed by atoms with van der Waals surface area (Å²) in [6, 6.07) is 2.29. The first kappa shape index (κ1) is 10.1. The van der Waals surface area contributed by atoms with Crippen LogP contribution in [0, 0.1) is 6.92 Å². The van der Waals surface area contributed by atoms with E-state index in [0.29, 0.717) is 0 Å². The van der Waals surface area contributed by atoms with Crippen molar-refractivity contribution in [3.8, 4) is 0 Å². The van der Waals surface area contributed by atoms with Crippen molar-refractivity contribution in [3.63, 3.8) is 0 Å². The van der Waals surface area contributed by atoms with Crippen molar-refractivity contribution in [1.29, 1.82) is 0 Å². The SMILES string of the molecule is Cc1sccc1C(NN)C1CCCO1. The second-order valence-corrected chi connectivity index (χ2v) is 4.75. The van der Waals surface area contributed by atoms with E-state index in [9.17, 15) is 0 Å². The minimum absolute atomic E-state index is 0.156. The summed E-state index contributed by atoms with van der Waals surface area (Å²) in [7, 11) is 0. The fourth-order valence-corrected chi connectivity index (χ4v) is 2.73. The molecule has 2 rings (SSSR count). The zero-order valence-electron chi connectivity index (χ0n) is 8.32. The van der Waals surface area contributed by atoms with Crippen molar-refractivity contribution in [1.82, 2.24) is 5.43 Å². The Morgan fingerprint density at radius 1 is 1.71 bits per heavy atom. The van der Waals surface area contributed by atoms with Crippen molar-refractivity contribution in [2.75, 3.05) is 6.61 Å². The fourth-order valence-electron chi connectivity index (χ4n) is 1.98. The second-order valence-electron chi connectivity index (χ2n) is 3.63. The maximum atomic E-state index is 5.65. The molecular weight excluding hydrogens is 196 g/mol. The summed E-state index contributed by atoms with van der Waals surface area (Å²) < 4.78 is 5.65. The molecule has 2 heterocycles. The monoisotopic (exact) mass is 212 g/mol. The molecule has 3 N–H and O–H groups in total. The van der Waals surface area contributed by atoms with Crippen LogP contribution in [-0.2, 0) is 4.74 Å². The lowest BCUT2D eigenvalue weighted by Gasteiger charge is -2.22. The summed E-state index contributed by atoms with van der Waals surface area (Å²) in [5.74, 6) is 5.59. The lowest BCUT2D eigenvalue weighted by atomic mass is 10.0. The van der Waals surface area contributed by atoms with E-state index in [1.54, 1.807) is 11.3 Å². The Hall–Kier alpha value is -0.420. The number of aryl methyl sites for hydroxylation is 1. The van der Waals surface area contributed by atoms with E-state index in [-0.39, 0.29) is 12.1 Å². The summed E-state index contributed by atoms with van der Waals surface area (Å²) in [6.45, 7) is 2.99. The topological polar surface area (TPSA) is 47.3 Å². The first-order valence-electron chi connectivity index (χ1n) is 4.94. The minimum Gasteiger partial charge on any atom is -0.376 e. The number of rotatable bonds is 3. The van der Waals surface area contributed by atoms with Gasteiger partial charge in [0.15, 0.2) is 0 Å². The number of hydrogen-bond acceptors (Lipinski definition) is 4. The van der Waals surface area contributed by atoms with Crippen molar-refractivity contribution in [2.24, 2.45) is 5.84 Å². The van der Waals surface area contributed by atoms with E-state index in [1.807, 2.05) is 0 Å². The third kappa shape index (κ3) is 1.83. The Balaban J connectivity index is 2.16. The molecule has 2 unspecified atom stereocenters. The highest BCUT2D eigenvalue weighted by molar-refractivity contribution is 7.10. The van der Waals surface area contributed by atoms with Crippen LogP contribution in [0.1, 0.15) is 29.3 Å². The van der Waals surface area contributed by atoms with Crippen molar-refractivity contribution in [2.45, 2.75) is 31.9 Å². The second kappa shape index (κ2) is 4.40. The minimum atomic E-state index is 0.156. The maximum absolute atomic E-state index is 5.65. The van der Waals surface area contributed by atoms with Crippen LogP contribution in [0.25, 0.3) is 0 Å². The average Bonchev–Trinajstić information content (AvgIpc) is 2.80. The van der Waals surface area contributed by atoms with Gasteiger partial charge in [-0.25, -0.2) is 0 Å². The first-order valence-corrected chi connectivity index (χ1v) is 5.82. The lowest BCUT2D eigenvalue weighted by molar-refractivity contribution is 0.0783. The van der Waals surface area contributed by atoms with E-state index >= 15 is 0 Å². The van der Waals surface area contributed by atoms with Crippen LogP contribution in [0.5, 0.6) is 0 Å². The van der Waals surface area contributed by atoms with Gasteiger partial charge in [-0.15, -0.1) is 11.3 Å². The fraction of sp³-hybridized carbons (Fsp3) is 0.600. The Morgan fingerprint density at radius 3 is 3.07 bits per heavy atom. The first-order chi connectivity index (χ1) is 6.83.